The van der Waals surface area contributed by atoms with Gasteiger partial charge in [0.05, 0.1) is 12.1 Å². The van der Waals surface area contributed by atoms with Crippen molar-refractivity contribution in [1.29, 1.82) is 0 Å². The molecule has 0 unspecified atom stereocenters. The molecule has 0 atom stereocenters. The second-order valence-electron chi connectivity index (χ2n) is 5.19. The summed E-state index contributed by atoms with van der Waals surface area (Å²) in [4.78, 5) is 2.98. The highest BCUT2D eigenvalue weighted by molar-refractivity contribution is 7.80. The molecular formula is C15H24N2OS. The first-order valence-corrected chi connectivity index (χ1v) is 7.05. The number of methoxy groups -OCH3 is 1. The molecule has 0 saturated carbocycles. The SMILES string of the molecule is COc1ccc(CN(CCC(N)=S)CC(C)C)cc1. The Kier molecular flexibility index (Phi) is 6.81. The van der Waals surface area contributed by atoms with Gasteiger partial charge in [-0.05, 0) is 23.6 Å². The molecule has 0 amide bonds. The number of hydrogen-bond donors (Lipinski definition) is 1. The summed E-state index contributed by atoms with van der Waals surface area (Å²) in [5.74, 6) is 1.52. The predicted molar refractivity (Wildman–Crippen MR) is 84.5 cm³/mol. The fourth-order valence-corrected chi connectivity index (χ4v) is 2.10. The third-order valence-electron chi connectivity index (χ3n) is 2.86. The normalized spacial score (nSPS) is 11.0. The van der Waals surface area contributed by atoms with Crippen LogP contribution in [0.1, 0.15) is 25.8 Å². The van der Waals surface area contributed by atoms with E-state index < -0.39 is 0 Å². The zero-order valence-corrected chi connectivity index (χ0v) is 12.9. The predicted octanol–water partition coefficient (Wildman–Crippen LogP) is 2.83. The summed E-state index contributed by atoms with van der Waals surface area (Å²) in [7, 11) is 1.68. The lowest BCUT2D eigenvalue weighted by atomic mass is 10.1. The number of rotatable bonds is 8. The van der Waals surface area contributed by atoms with Gasteiger partial charge in [0.15, 0.2) is 0 Å². The van der Waals surface area contributed by atoms with Gasteiger partial charge < -0.3 is 10.5 Å². The lowest BCUT2D eigenvalue weighted by Gasteiger charge is -2.24. The molecule has 4 heteroatoms. The van der Waals surface area contributed by atoms with Gasteiger partial charge in [-0.2, -0.15) is 0 Å². The van der Waals surface area contributed by atoms with Crippen LogP contribution < -0.4 is 10.5 Å². The van der Waals surface area contributed by atoms with Gasteiger partial charge in [0.2, 0.25) is 0 Å². The summed E-state index contributed by atoms with van der Waals surface area (Å²) in [6.45, 7) is 7.34. The molecule has 0 aliphatic rings. The molecule has 0 fully saturated rings. The number of ether oxygens (including phenoxy) is 1. The number of benzene rings is 1. The summed E-state index contributed by atoms with van der Waals surface area (Å²) >= 11 is 4.96. The Morgan fingerprint density at radius 2 is 1.95 bits per heavy atom. The molecule has 1 aromatic carbocycles. The Morgan fingerprint density at radius 1 is 1.32 bits per heavy atom. The Balaban J connectivity index is 2.60. The fourth-order valence-electron chi connectivity index (χ4n) is 2.01. The molecule has 106 valence electrons. The van der Waals surface area contributed by atoms with E-state index in [2.05, 4.69) is 30.9 Å². The van der Waals surface area contributed by atoms with Crippen molar-refractivity contribution < 1.29 is 4.74 Å². The van der Waals surface area contributed by atoms with Crippen molar-refractivity contribution in [1.82, 2.24) is 4.90 Å². The smallest absolute Gasteiger partial charge is 0.118 e. The van der Waals surface area contributed by atoms with Crippen LogP contribution in [0.2, 0.25) is 0 Å². The van der Waals surface area contributed by atoms with E-state index in [0.717, 1.165) is 31.8 Å². The van der Waals surface area contributed by atoms with Crippen molar-refractivity contribution in [3.63, 3.8) is 0 Å². The quantitative estimate of drug-likeness (QED) is 0.743. The highest BCUT2D eigenvalue weighted by atomic mass is 32.1. The van der Waals surface area contributed by atoms with Gasteiger partial charge in [-0.25, -0.2) is 0 Å². The molecule has 0 aliphatic heterocycles. The van der Waals surface area contributed by atoms with Crippen molar-refractivity contribution in [3.05, 3.63) is 29.8 Å². The lowest BCUT2D eigenvalue weighted by molar-refractivity contribution is 0.242. The van der Waals surface area contributed by atoms with Crippen LogP contribution in [0, 0.1) is 5.92 Å². The highest BCUT2D eigenvalue weighted by Gasteiger charge is 2.09. The second-order valence-corrected chi connectivity index (χ2v) is 5.72. The molecule has 0 saturated heterocycles. The molecule has 0 bridgehead atoms. The van der Waals surface area contributed by atoms with E-state index in [-0.39, 0.29) is 0 Å². The minimum atomic E-state index is 0.587. The van der Waals surface area contributed by atoms with Crippen LogP contribution in [0.5, 0.6) is 5.75 Å². The summed E-state index contributed by atoms with van der Waals surface area (Å²) in [5.41, 5.74) is 6.87. The standard InChI is InChI=1S/C15H24N2OS/c1-12(2)10-17(9-8-15(16)19)11-13-4-6-14(18-3)7-5-13/h4-7,12H,8-11H2,1-3H3,(H2,16,19). The van der Waals surface area contributed by atoms with Crippen molar-refractivity contribution in [3.8, 4) is 5.75 Å². The Morgan fingerprint density at radius 3 is 2.42 bits per heavy atom. The summed E-state index contributed by atoms with van der Waals surface area (Å²) in [6.07, 6.45) is 0.776. The van der Waals surface area contributed by atoms with Gasteiger partial charge in [-0.15, -0.1) is 0 Å². The van der Waals surface area contributed by atoms with Gasteiger partial charge in [-0.1, -0.05) is 38.2 Å². The van der Waals surface area contributed by atoms with E-state index in [9.17, 15) is 0 Å². The molecule has 1 aromatic rings. The maximum atomic E-state index is 5.59. The van der Waals surface area contributed by atoms with E-state index in [1.165, 1.54) is 5.56 Å². The molecule has 0 radical (unpaired) electrons. The van der Waals surface area contributed by atoms with E-state index in [1.54, 1.807) is 7.11 Å². The van der Waals surface area contributed by atoms with Crippen LogP contribution in [0.15, 0.2) is 24.3 Å². The van der Waals surface area contributed by atoms with Gasteiger partial charge >= 0.3 is 0 Å². The molecule has 2 N–H and O–H groups in total. The van der Waals surface area contributed by atoms with E-state index >= 15 is 0 Å². The fraction of sp³-hybridized carbons (Fsp3) is 0.533. The third kappa shape index (κ3) is 6.55. The topological polar surface area (TPSA) is 38.5 Å². The summed E-state index contributed by atoms with van der Waals surface area (Å²) in [5, 5.41) is 0. The van der Waals surface area contributed by atoms with Gasteiger partial charge in [0, 0.05) is 26.1 Å². The molecule has 0 aromatic heterocycles. The largest absolute Gasteiger partial charge is 0.497 e. The van der Waals surface area contributed by atoms with Crippen molar-refractivity contribution in [2.24, 2.45) is 11.7 Å². The first kappa shape index (κ1) is 15.9. The molecule has 0 spiro atoms. The first-order valence-electron chi connectivity index (χ1n) is 6.65. The van der Waals surface area contributed by atoms with Crippen LogP contribution in [0.3, 0.4) is 0 Å². The first-order chi connectivity index (χ1) is 9.01. The maximum absolute atomic E-state index is 5.59. The molecule has 3 nitrogen and oxygen atoms in total. The summed E-state index contributed by atoms with van der Waals surface area (Å²) in [6, 6.07) is 8.20. The maximum Gasteiger partial charge on any atom is 0.118 e. The van der Waals surface area contributed by atoms with Crippen molar-refractivity contribution >= 4 is 17.2 Å². The van der Waals surface area contributed by atoms with Gasteiger partial charge in [0.25, 0.3) is 0 Å². The zero-order chi connectivity index (χ0) is 14.3. The van der Waals surface area contributed by atoms with Gasteiger partial charge in [-0.3, -0.25) is 4.90 Å². The number of hydrogen-bond acceptors (Lipinski definition) is 3. The average Bonchev–Trinajstić information content (AvgIpc) is 2.36. The molecule has 1 rings (SSSR count). The average molecular weight is 280 g/mol. The third-order valence-corrected chi connectivity index (χ3v) is 3.07. The number of nitrogens with two attached hydrogens (primary N) is 1. The minimum absolute atomic E-state index is 0.587. The molecular weight excluding hydrogens is 256 g/mol. The molecule has 0 heterocycles. The lowest BCUT2D eigenvalue weighted by Crippen LogP contribution is -2.30. The van der Waals surface area contributed by atoms with E-state index in [1.807, 2.05) is 12.1 Å². The monoisotopic (exact) mass is 280 g/mol. The van der Waals surface area contributed by atoms with Crippen LogP contribution in [0.25, 0.3) is 0 Å². The van der Waals surface area contributed by atoms with Crippen LogP contribution in [-0.4, -0.2) is 30.1 Å². The van der Waals surface area contributed by atoms with Crippen LogP contribution >= 0.6 is 12.2 Å². The summed E-state index contributed by atoms with van der Waals surface area (Å²) < 4.78 is 5.17. The Bertz CT molecular complexity index is 390. The molecule has 19 heavy (non-hydrogen) atoms. The van der Waals surface area contributed by atoms with Crippen molar-refractivity contribution in [2.75, 3.05) is 20.2 Å². The second kappa shape index (κ2) is 8.12. The van der Waals surface area contributed by atoms with Crippen LogP contribution in [0.4, 0.5) is 0 Å². The van der Waals surface area contributed by atoms with Crippen molar-refractivity contribution in [2.45, 2.75) is 26.8 Å². The number of nitrogens with zero attached hydrogens (tertiary/aromatic N) is 1. The zero-order valence-electron chi connectivity index (χ0n) is 12.1. The molecule has 0 aliphatic carbocycles. The highest BCUT2D eigenvalue weighted by Crippen LogP contribution is 2.14. The Hall–Kier alpha value is -1.13. The van der Waals surface area contributed by atoms with E-state index in [4.69, 9.17) is 22.7 Å². The van der Waals surface area contributed by atoms with Gasteiger partial charge in [0.1, 0.15) is 5.75 Å². The minimum Gasteiger partial charge on any atom is -0.497 e. The number of thiocarbonyl (C=S) groups is 1. The Labute approximate surface area is 121 Å². The van der Waals surface area contributed by atoms with E-state index in [0.29, 0.717) is 10.9 Å². The van der Waals surface area contributed by atoms with Crippen LogP contribution in [-0.2, 0) is 6.54 Å².